The van der Waals surface area contributed by atoms with Gasteiger partial charge in [-0.1, -0.05) is 30.3 Å². The lowest BCUT2D eigenvalue weighted by Crippen LogP contribution is -2.43. The van der Waals surface area contributed by atoms with Crippen LogP contribution in [0.3, 0.4) is 0 Å². The fourth-order valence-electron chi connectivity index (χ4n) is 3.12. The fourth-order valence-corrected chi connectivity index (χ4v) is 3.12. The molecule has 0 aromatic heterocycles. The molecule has 0 aliphatic carbocycles. The molecule has 1 unspecified atom stereocenters. The molecule has 3 nitrogen and oxygen atoms in total. The summed E-state index contributed by atoms with van der Waals surface area (Å²) in [5.41, 5.74) is 7.38. The molecule has 1 fully saturated rings. The normalized spacial score (nSPS) is 19.2. The zero-order valence-electron chi connectivity index (χ0n) is 12.9. The van der Waals surface area contributed by atoms with Crippen LogP contribution in [0.15, 0.2) is 36.4 Å². The summed E-state index contributed by atoms with van der Waals surface area (Å²) >= 11 is 0. The molecular formula is C18H24N2O. The van der Waals surface area contributed by atoms with Gasteiger partial charge in [0.2, 0.25) is 0 Å². The highest BCUT2D eigenvalue weighted by molar-refractivity contribution is 5.97. The summed E-state index contributed by atoms with van der Waals surface area (Å²) in [4.78, 5) is 2.40. The lowest BCUT2D eigenvalue weighted by atomic mass is 10.0. The van der Waals surface area contributed by atoms with Gasteiger partial charge in [0.1, 0.15) is 5.75 Å². The predicted octanol–water partition coefficient (Wildman–Crippen LogP) is 3.55. The number of nitrogens with two attached hydrogens (primary N) is 1. The zero-order chi connectivity index (χ0) is 14.8. The van der Waals surface area contributed by atoms with Crippen LogP contribution in [-0.2, 0) is 0 Å². The van der Waals surface area contributed by atoms with Gasteiger partial charge in [-0.3, -0.25) is 0 Å². The van der Waals surface area contributed by atoms with E-state index in [1.165, 1.54) is 16.5 Å². The Hall–Kier alpha value is -1.74. The van der Waals surface area contributed by atoms with Crippen LogP contribution in [0.2, 0.25) is 0 Å². The molecule has 2 N–H and O–H groups in total. The van der Waals surface area contributed by atoms with Gasteiger partial charge in [0.25, 0.3) is 0 Å². The van der Waals surface area contributed by atoms with Crippen LogP contribution in [0, 0.1) is 0 Å². The van der Waals surface area contributed by atoms with Crippen LogP contribution in [0.25, 0.3) is 10.8 Å². The van der Waals surface area contributed by atoms with Gasteiger partial charge in [-0.2, -0.15) is 0 Å². The summed E-state index contributed by atoms with van der Waals surface area (Å²) in [5, 5.41) is 2.51. The van der Waals surface area contributed by atoms with Crippen molar-refractivity contribution in [1.82, 2.24) is 0 Å². The van der Waals surface area contributed by atoms with E-state index in [1.54, 1.807) is 0 Å². The number of nitrogens with zero attached hydrogens (tertiary/aromatic N) is 1. The van der Waals surface area contributed by atoms with Crippen LogP contribution >= 0.6 is 0 Å². The first-order valence-corrected chi connectivity index (χ1v) is 7.84. The zero-order valence-corrected chi connectivity index (χ0v) is 12.9. The molecule has 2 aromatic carbocycles. The maximum Gasteiger partial charge on any atom is 0.143 e. The summed E-state index contributed by atoms with van der Waals surface area (Å²) in [6, 6.07) is 13.0. The van der Waals surface area contributed by atoms with Crippen LogP contribution < -0.4 is 15.4 Å². The second-order valence-corrected chi connectivity index (χ2v) is 6.15. The van der Waals surface area contributed by atoms with Crippen molar-refractivity contribution in [3.05, 3.63) is 36.4 Å². The van der Waals surface area contributed by atoms with Crippen molar-refractivity contribution in [2.24, 2.45) is 5.73 Å². The van der Waals surface area contributed by atoms with Gasteiger partial charge in [0.05, 0.1) is 11.8 Å². The molecule has 0 amide bonds. The van der Waals surface area contributed by atoms with Crippen LogP contribution in [0.1, 0.15) is 26.7 Å². The molecule has 0 saturated carbocycles. The lowest BCUT2D eigenvalue weighted by Gasteiger charge is -2.34. The SMILES string of the molecule is CC(C)Oc1ccc2ccccc2c1N1CCCC(N)C1. The topological polar surface area (TPSA) is 38.5 Å². The van der Waals surface area contributed by atoms with E-state index < -0.39 is 0 Å². The van der Waals surface area contributed by atoms with Crippen molar-refractivity contribution in [3.8, 4) is 5.75 Å². The Kier molecular flexibility index (Phi) is 4.02. The molecule has 1 aliphatic rings. The number of rotatable bonds is 3. The van der Waals surface area contributed by atoms with Gasteiger partial charge in [-0.05, 0) is 38.1 Å². The third-order valence-corrected chi connectivity index (χ3v) is 4.00. The molecule has 0 spiro atoms. The van der Waals surface area contributed by atoms with E-state index in [9.17, 15) is 0 Å². The van der Waals surface area contributed by atoms with Crippen molar-refractivity contribution < 1.29 is 4.74 Å². The third kappa shape index (κ3) is 2.98. The maximum atomic E-state index is 6.18. The monoisotopic (exact) mass is 284 g/mol. The molecule has 112 valence electrons. The quantitative estimate of drug-likeness (QED) is 0.936. The minimum atomic E-state index is 0.170. The van der Waals surface area contributed by atoms with Crippen molar-refractivity contribution in [2.75, 3.05) is 18.0 Å². The maximum absolute atomic E-state index is 6.18. The highest BCUT2D eigenvalue weighted by Crippen LogP contribution is 2.38. The number of fused-ring (bicyclic) bond motifs is 1. The highest BCUT2D eigenvalue weighted by atomic mass is 16.5. The summed E-state index contributed by atoms with van der Waals surface area (Å²) < 4.78 is 6.06. The number of ether oxygens (including phenoxy) is 1. The first-order chi connectivity index (χ1) is 10.1. The van der Waals surface area contributed by atoms with Gasteiger partial charge in [-0.15, -0.1) is 0 Å². The first-order valence-electron chi connectivity index (χ1n) is 7.84. The van der Waals surface area contributed by atoms with Crippen LogP contribution in [-0.4, -0.2) is 25.2 Å². The van der Waals surface area contributed by atoms with E-state index in [0.29, 0.717) is 0 Å². The molecule has 0 radical (unpaired) electrons. The molecule has 1 aliphatic heterocycles. The van der Waals surface area contributed by atoms with E-state index in [2.05, 4.69) is 55.1 Å². The minimum Gasteiger partial charge on any atom is -0.489 e. The average Bonchev–Trinajstić information content (AvgIpc) is 2.46. The van der Waals surface area contributed by atoms with Gasteiger partial charge in [0.15, 0.2) is 0 Å². The largest absolute Gasteiger partial charge is 0.489 e. The van der Waals surface area contributed by atoms with E-state index in [-0.39, 0.29) is 12.1 Å². The standard InChI is InChI=1S/C18H24N2O/c1-13(2)21-17-10-9-14-6-3-4-8-16(14)18(17)20-11-5-7-15(19)12-20/h3-4,6,8-10,13,15H,5,7,11-12,19H2,1-2H3. The van der Waals surface area contributed by atoms with Crippen molar-refractivity contribution in [2.45, 2.75) is 38.8 Å². The van der Waals surface area contributed by atoms with Crippen molar-refractivity contribution in [1.29, 1.82) is 0 Å². The number of anilines is 1. The number of benzene rings is 2. The molecule has 1 atom stereocenters. The Morgan fingerprint density at radius 2 is 2.00 bits per heavy atom. The van der Waals surface area contributed by atoms with Crippen molar-refractivity contribution >= 4 is 16.5 Å². The molecule has 3 rings (SSSR count). The van der Waals surface area contributed by atoms with E-state index in [4.69, 9.17) is 10.5 Å². The molecule has 0 bridgehead atoms. The number of hydrogen-bond acceptors (Lipinski definition) is 3. The smallest absolute Gasteiger partial charge is 0.143 e. The minimum absolute atomic E-state index is 0.170. The average molecular weight is 284 g/mol. The summed E-state index contributed by atoms with van der Waals surface area (Å²) in [5.74, 6) is 0.970. The second kappa shape index (κ2) is 5.94. The molecule has 3 heteroatoms. The Morgan fingerprint density at radius 1 is 1.19 bits per heavy atom. The van der Waals surface area contributed by atoms with Gasteiger partial charge < -0.3 is 15.4 Å². The summed E-state index contributed by atoms with van der Waals surface area (Å²) in [6.07, 6.45) is 2.43. The molecular weight excluding hydrogens is 260 g/mol. The van der Waals surface area contributed by atoms with Crippen molar-refractivity contribution in [3.63, 3.8) is 0 Å². The predicted molar refractivity (Wildman–Crippen MR) is 89.1 cm³/mol. The first kappa shape index (κ1) is 14.2. The Labute approximate surface area is 126 Å². The van der Waals surface area contributed by atoms with E-state index in [1.807, 2.05) is 0 Å². The fraction of sp³-hybridized carbons (Fsp3) is 0.444. The van der Waals surface area contributed by atoms with Gasteiger partial charge in [0, 0.05) is 24.5 Å². The highest BCUT2D eigenvalue weighted by Gasteiger charge is 2.22. The summed E-state index contributed by atoms with van der Waals surface area (Å²) in [6.45, 7) is 6.10. The number of piperidine rings is 1. The third-order valence-electron chi connectivity index (χ3n) is 4.00. The van der Waals surface area contributed by atoms with Gasteiger partial charge >= 0.3 is 0 Å². The Balaban J connectivity index is 2.10. The van der Waals surface area contributed by atoms with E-state index in [0.717, 1.165) is 31.7 Å². The van der Waals surface area contributed by atoms with Crippen LogP contribution in [0.4, 0.5) is 5.69 Å². The van der Waals surface area contributed by atoms with Crippen LogP contribution in [0.5, 0.6) is 5.75 Å². The molecule has 2 aromatic rings. The molecule has 21 heavy (non-hydrogen) atoms. The number of hydrogen-bond donors (Lipinski definition) is 1. The molecule has 1 saturated heterocycles. The second-order valence-electron chi connectivity index (χ2n) is 6.15. The summed E-state index contributed by atoms with van der Waals surface area (Å²) in [7, 11) is 0. The van der Waals surface area contributed by atoms with Gasteiger partial charge in [-0.25, -0.2) is 0 Å². The Bertz CT molecular complexity index is 624. The molecule has 1 heterocycles. The lowest BCUT2D eigenvalue weighted by molar-refractivity contribution is 0.243. The Morgan fingerprint density at radius 3 is 2.76 bits per heavy atom. The van der Waals surface area contributed by atoms with E-state index >= 15 is 0 Å².